The summed E-state index contributed by atoms with van der Waals surface area (Å²) in [6.07, 6.45) is 2.76. The molecule has 3 rings (SSSR count). The fraction of sp³-hybridized carbons (Fsp3) is 0.562. The second kappa shape index (κ2) is 6.01. The molecule has 1 aromatic carbocycles. The molecule has 1 saturated heterocycles. The number of para-hydroxylation sites is 2. The van der Waals surface area contributed by atoms with Crippen molar-refractivity contribution in [2.45, 2.75) is 39.2 Å². The third-order valence-electron chi connectivity index (χ3n) is 4.47. The Labute approximate surface area is 132 Å². The predicted octanol–water partition coefficient (Wildman–Crippen LogP) is 2.59. The molecule has 1 unspecified atom stereocenters. The molecule has 0 amide bonds. The van der Waals surface area contributed by atoms with Gasteiger partial charge in [-0.1, -0.05) is 19.1 Å². The van der Waals surface area contributed by atoms with Gasteiger partial charge in [-0.15, -0.1) is 0 Å². The van der Waals surface area contributed by atoms with Crippen LogP contribution in [0.5, 0.6) is 0 Å². The smallest absolute Gasteiger partial charge is 0.213 e. The lowest BCUT2D eigenvalue weighted by atomic mass is 10.1. The molecule has 0 N–H and O–H groups in total. The summed E-state index contributed by atoms with van der Waals surface area (Å²) in [5, 5.41) is 0. The van der Waals surface area contributed by atoms with Gasteiger partial charge in [0.05, 0.1) is 16.8 Å². The van der Waals surface area contributed by atoms with Gasteiger partial charge in [0.2, 0.25) is 10.0 Å². The first-order chi connectivity index (χ1) is 10.6. The van der Waals surface area contributed by atoms with Gasteiger partial charge in [0, 0.05) is 25.6 Å². The molecule has 0 radical (unpaired) electrons. The van der Waals surface area contributed by atoms with Crippen LogP contribution in [0.25, 0.3) is 11.0 Å². The number of hydrogen-bond acceptors (Lipinski definition) is 3. The molecule has 0 spiro atoms. The molecule has 0 aliphatic carbocycles. The number of piperidine rings is 1. The highest BCUT2D eigenvalue weighted by Crippen LogP contribution is 2.29. The van der Waals surface area contributed by atoms with Crippen molar-refractivity contribution < 1.29 is 8.42 Å². The van der Waals surface area contributed by atoms with Crippen LogP contribution < -0.4 is 0 Å². The number of benzene rings is 1. The Morgan fingerprint density at radius 3 is 2.77 bits per heavy atom. The summed E-state index contributed by atoms with van der Waals surface area (Å²) >= 11 is 0. The van der Waals surface area contributed by atoms with E-state index in [1.807, 2.05) is 18.2 Å². The molecule has 2 heterocycles. The summed E-state index contributed by atoms with van der Waals surface area (Å²) in [4.78, 5) is 4.71. The zero-order valence-corrected chi connectivity index (χ0v) is 14.0. The van der Waals surface area contributed by atoms with Gasteiger partial charge in [-0.05, 0) is 31.9 Å². The minimum absolute atomic E-state index is 0.172. The lowest BCUT2D eigenvalue weighted by Crippen LogP contribution is -2.41. The van der Waals surface area contributed by atoms with Gasteiger partial charge in [-0.25, -0.2) is 13.4 Å². The Kier molecular flexibility index (Phi) is 4.23. The number of sulfonamides is 1. The highest BCUT2D eigenvalue weighted by atomic mass is 32.2. The van der Waals surface area contributed by atoms with Gasteiger partial charge in [0.15, 0.2) is 0 Å². The number of nitrogens with zero attached hydrogens (tertiary/aromatic N) is 3. The van der Waals surface area contributed by atoms with Gasteiger partial charge in [-0.2, -0.15) is 4.31 Å². The lowest BCUT2D eigenvalue weighted by molar-refractivity contribution is 0.267. The summed E-state index contributed by atoms with van der Waals surface area (Å²) in [6.45, 7) is 5.01. The van der Waals surface area contributed by atoms with Crippen molar-refractivity contribution in [1.82, 2.24) is 13.9 Å². The Balaban J connectivity index is 2.00. The van der Waals surface area contributed by atoms with Crippen LogP contribution in [0, 0.1) is 0 Å². The largest absolute Gasteiger partial charge is 0.324 e. The van der Waals surface area contributed by atoms with Crippen molar-refractivity contribution in [1.29, 1.82) is 0 Å². The number of aryl methyl sites for hydroxylation is 1. The van der Waals surface area contributed by atoms with Crippen LogP contribution in [0.15, 0.2) is 24.3 Å². The molecule has 22 heavy (non-hydrogen) atoms. The van der Waals surface area contributed by atoms with Crippen molar-refractivity contribution in [2.24, 2.45) is 0 Å². The maximum absolute atomic E-state index is 12.2. The van der Waals surface area contributed by atoms with E-state index in [-0.39, 0.29) is 11.8 Å². The Bertz CT molecular complexity index is 767. The van der Waals surface area contributed by atoms with Crippen molar-refractivity contribution in [3.8, 4) is 0 Å². The molecule has 1 fully saturated rings. The Morgan fingerprint density at radius 2 is 2.05 bits per heavy atom. The quantitative estimate of drug-likeness (QED) is 0.870. The van der Waals surface area contributed by atoms with Gasteiger partial charge in [0.25, 0.3) is 0 Å². The van der Waals surface area contributed by atoms with Crippen molar-refractivity contribution in [3.05, 3.63) is 30.1 Å². The number of hydrogen-bond donors (Lipinski definition) is 0. The van der Waals surface area contributed by atoms with Crippen LogP contribution in [-0.2, 0) is 16.4 Å². The standard InChI is InChI=1S/C16H23N3O2S/c1-3-16-17-14-9-5-6-10-15(14)19(16)13-8-7-11-18(12-13)22(20,21)4-2/h5-6,9-10,13H,3-4,7-8,11-12H2,1-2H3. The van der Waals surface area contributed by atoms with Crippen molar-refractivity contribution in [2.75, 3.05) is 18.8 Å². The average molecular weight is 321 g/mol. The monoisotopic (exact) mass is 321 g/mol. The van der Waals surface area contributed by atoms with Crippen LogP contribution in [0.1, 0.15) is 38.6 Å². The summed E-state index contributed by atoms with van der Waals surface area (Å²) in [5.41, 5.74) is 2.11. The third-order valence-corrected chi connectivity index (χ3v) is 6.32. The molecular formula is C16H23N3O2S. The number of imidazole rings is 1. The first kappa shape index (κ1) is 15.5. The first-order valence-electron chi connectivity index (χ1n) is 8.00. The second-order valence-electron chi connectivity index (χ2n) is 5.79. The van der Waals surface area contributed by atoms with E-state index in [2.05, 4.69) is 17.6 Å². The van der Waals surface area contributed by atoms with E-state index >= 15 is 0 Å². The lowest BCUT2D eigenvalue weighted by Gasteiger charge is -2.33. The van der Waals surface area contributed by atoms with Gasteiger partial charge in [0.1, 0.15) is 5.82 Å². The van der Waals surface area contributed by atoms with E-state index in [0.717, 1.165) is 36.1 Å². The van der Waals surface area contributed by atoms with Crippen LogP contribution in [-0.4, -0.2) is 41.1 Å². The van der Waals surface area contributed by atoms with E-state index in [0.29, 0.717) is 13.1 Å². The number of fused-ring (bicyclic) bond motifs is 1. The maximum Gasteiger partial charge on any atom is 0.213 e. The van der Waals surface area contributed by atoms with Crippen LogP contribution in [0.3, 0.4) is 0 Å². The minimum atomic E-state index is -3.12. The van der Waals surface area contributed by atoms with Gasteiger partial charge in [-0.3, -0.25) is 0 Å². The summed E-state index contributed by atoms with van der Waals surface area (Å²) < 4.78 is 28.3. The molecule has 0 bridgehead atoms. The topological polar surface area (TPSA) is 55.2 Å². The maximum atomic E-state index is 12.2. The Morgan fingerprint density at radius 1 is 1.27 bits per heavy atom. The molecule has 0 saturated carbocycles. The van der Waals surface area contributed by atoms with E-state index < -0.39 is 10.0 Å². The van der Waals surface area contributed by atoms with Crippen molar-refractivity contribution in [3.63, 3.8) is 0 Å². The van der Waals surface area contributed by atoms with Crippen LogP contribution in [0.4, 0.5) is 0 Å². The number of aromatic nitrogens is 2. The highest BCUT2D eigenvalue weighted by Gasteiger charge is 2.30. The van der Waals surface area contributed by atoms with Gasteiger partial charge >= 0.3 is 0 Å². The zero-order chi connectivity index (χ0) is 15.7. The molecule has 1 aromatic heterocycles. The number of rotatable bonds is 4. The van der Waals surface area contributed by atoms with Crippen LogP contribution >= 0.6 is 0 Å². The van der Waals surface area contributed by atoms with E-state index in [9.17, 15) is 8.42 Å². The summed E-state index contributed by atoms with van der Waals surface area (Å²) in [6, 6.07) is 8.29. The molecule has 1 atom stereocenters. The highest BCUT2D eigenvalue weighted by molar-refractivity contribution is 7.89. The molecule has 1 aliphatic heterocycles. The molecular weight excluding hydrogens is 298 g/mol. The van der Waals surface area contributed by atoms with E-state index in [1.54, 1.807) is 11.2 Å². The normalized spacial score (nSPS) is 20.5. The van der Waals surface area contributed by atoms with Crippen LogP contribution in [0.2, 0.25) is 0 Å². The molecule has 1 aliphatic rings. The first-order valence-corrected chi connectivity index (χ1v) is 9.61. The van der Waals surface area contributed by atoms with E-state index in [4.69, 9.17) is 4.98 Å². The average Bonchev–Trinajstić information content (AvgIpc) is 2.93. The minimum Gasteiger partial charge on any atom is -0.324 e. The van der Waals surface area contributed by atoms with Gasteiger partial charge < -0.3 is 4.57 Å². The fourth-order valence-electron chi connectivity index (χ4n) is 3.32. The van der Waals surface area contributed by atoms with E-state index in [1.165, 1.54) is 0 Å². The summed E-state index contributed by atoms with van der Waals surface area (Å²) in [5.74, 6) is 1.22. The molecule has 2 aromatic rings. The molecule has 6 heteroatoms. The predicted molar refractivity (Wildman–Crippen MR) is 88.4 cm³/mol. The van der Waals surface area contributed by atoms with Crippen molar-refractivity contribution >= 4 is 21.1 Å². The fourth-order valence-corrected chi connectivity index (χ4v) is 4.49. The Hall–Kier alpha value is -1.40. The third kappa shape index (κ3) is 2.65. The second-order valence-corrected chi connectivity index (χ2v) is 8.05. The summed E-state index contributed by atoms with van der Waals surface area (Å²) in [7, 11) is -3.12. The molecule has 5 nitrogen and oxygen atoms in total. The molecule has 120 valence electrons. The zero-order valence-electron chi connectivity index (χ0n) is 13.2. The SMILES string of the molecule is CCc1nc2ccccc2n1C1CCCN(S(=O)(=O)CC)C1.